The van der Waals surface area contributed by atoms with E-state index in [9.17, 15) is 5.11 Å². The van der Waals surface area contributed by atoms with E-state index >= 15 is 0 Å². The van der Waals surface area contributed by atoms with Gasteiger partial charge in [-0.25, -0.2) is 9.97 Å². The monoisotopic (exact) mass is 243 g/mol. The summed E-state index contributed by atoms with van der Waals surface area (Å²) in [5.41, 5.74) is 1.88. The van der Waals surface area contributed by atoms with E-state index in [0.29, 0.717) is 5.82 Å². The molecule has 2 rings (SSSR count). The number of aromatic nitrogens is 2. The Kier molecular flexibility index (Phi) is 4.25. The second-order valence-electron chi connectivity index (χ2n) is 4.14. The van der Waals surface area contributed by atoms with E-state index < -0.39 is 0 Å². The van der Waals surface area contributed by atoms with Crippen molar-refractivity contribution in [2.75, 3.05) is 6.54 Å². The zero-order valence-electron chi connectivity index (χ0n) is 10.4. The lowest BCUT2D eigenvalue weighted by Gasteiger charge is -2.04. The number of hydrogen-bond donors (Lipinski definition) is 2. The van der Waals surface area contributed by atoms with Crippen LogP contribution in [-0.4, -0.2) is 21.6 Å². The third-order valence-corrected chi connectivity index (χ3v) is 2.57. The summed E-state index contributed by atoms with van der Waals surface area (Å²) < 4.78 is 0. The van der Waals surface area contributed by atoms with Crippen LogP contribution in [0.3, 0.4) is 0 Å². The van der Waals surface area contributed by atoms with Crippen LogP contribution in [-0.2, 0) is 6.54 Å². The minimum atomic E-state index is 0.227. The van der Waals surface area contributed by atoms with Crippen LogP contribution < -0.4 is 5.32 Å². The van der Waals surface area contributed by atoms with Crippen molar-refractivity contribution in [2.45, 2.75) is 19.9 Å². The predicted molar refractivity (Wildman–Crippen MR) is 71.1 cm³/mol. The maximum atomic E-state index is 9.41. The molecule has 0 aliphatic carbocycles. The molecule has 0 saturated carbocycles. The molecule has 0 radical (unpaired) electrons. The van der Waals surface area contributed by atoms with Crippen molar-refractivity contribution in [3.8, 4) is 17.1 Å². The number of nitrogens with one attached hydrogen (secondary N) is 1. The van der Waals surface area contributed by atoms with Gasteiger partial charge in [0, 0.05) is 30.1 Å². The van der Waals surface area contributed by atoms with E-state index in [0.717, 1.165) is 30.6 Å². The zero-order chi connectivity index (χ0) is 12.8. The maximum Gasteiger partial charge on any atom is 0.159 e. The molecular formula is C14H17N3O. The van der Waals surface area contributed by atoms with Crippen molar-refractivity contribution >= 4 is 0 Å². The molecular weight excluding hydrogens is 226 g/mol. The van der Waals surface area contributed by atoms with Gasteiger partial charge in [-0.15, -0.1) is 0 Å². The Hall–Kier alpha value is -1.94. The fourth-order valence-corrected chi connectivity index (χ4v) is 1.65. The van der Waals surface area contributed by atoms with Gasteiger partial charge in [0.2, 0.25) is 0 Å². The topological polar surface area (TPSA) is 58.0 Å². The van der Waals surface area contributed by atoms with E-state index in [1.54, 1.807) is 18.2 Å². The third-order valence-electron chi connectivity index (χ3n) is 2.57. The highest BCUT2D eigenvalue weighted by atomic mass is 16.3. The number of aromatic hydroxyl groups is 1. The Balaban J connectivity index is 2.07. The quantitative estimate of drug-likeness (QED) is 0.791. The van der Waals surface area contributed by atoms with Crippen LogP contribution in [0.25, 0.3) is 11.4 Å². The molecule has 0 fully saturated rings. The lowest BCUT2D eigenvalue weighted by molar-refractivity contribution is 0.475. The molecule has 2 N–H and O–H groups in total. The van der Waals surface area contributed by atoms with E-state index in [4.69, 9.17) is 0 Å². The second-order valence-corrected chi connectivity index (χ2v) is 4.14. The summed E-state index contributed by atoms with van der Waals surface area (Å²) >= 11 is 0. The van der Waals surface area contributed by atoms with Crippen LogP contribution in [0.1, 0.15) is 18.9 Å². The predicted octanol–water partition coefficient (Wildman–Crippen LogP) is 2.35. The summed E-state index contributed by atoms with van der Waals surface area (Å²) in [5, 5.41) is 12.7. The SMILES string of the molecule is CCCNCc1cnc(-c2cccc(O)c2)nc1. The van der Waals surface area contributed by atoms with Gasteiger partial charge in [0.15, 0.2) is 5.82 Å². The molecule has 0 atom stereocenters. The van der Waals surface area contributed by atoms with E-state index in [1.165, 1.54) is 0 Å². The molecule has 1 heterocycles. The van der Waals surface area contributed by atoms with E-state index in [-0.39, 0.29) is 5.75 Å². The molecule has 0 aliphatic heterocycles. The van der Waals surface area contributed by atoms with Gasteiger partial charge >= 0.3 is 0 Å². The summed E-state index contributed by atoms with van der Waals surface area (Å²) in [7, 11) is 0. The Labute approximate surface area is 107 Å². The number of phenolic OH excluding ortho intramolecular Hbond substituents is 1. The van der Waals surface area contributed by atoms with Crippen molar-refractivity contribution in [3.63, 3.8) is 0 Å². The van der Waals surface area contributed by atoms with Gasteiger partial charge in [0.1, 0.15) is 5.75 Å². The smallest absolute Gasteiger partial charge is 0.159 e. The molecule has 2 aromatic rings. The fraction of sp³-hybridized carbons (Fsp3) is 0.286. The molecule has 0 saturated heterocycles. The molecule has 0 unspecified atom stereocenters. The summed E-state index contributed by atoms with van der Waals surface area (Å²) in [6.45, 7) is 3.91. The highest BCUT2D eigenvalue weighted by Gasteiger charge is 2.02. The zero-order valence-corrected chi connectivity index (χ0v) is 10.4. The summed E-state index contributed by atoms with van der Waals surface area (Å²) in [6, 6.07) is 6.95. The Bertz CT molecular complexity index is 497. The molecule has 4 nitrogen and oxygen atoms in total. The summed E-state index contributed by atoms with van der Waals surface area (Å²) in [6.07, 6.45) is 4.74. The minimum absolute atomic E-state index is 0.227. The Morgan fingerprint density at radius 3 is 2.67 bits per heavy atom. The first-order valence-electron chi connectivity index (χ1n) is 6.10. The largest absolute Gasteiger partial charge is 0.508 e. The van der Waals surface area contributed by atoms with Gasteiger partial charge in [-0.3, -0.25) is 0 Å². The Morgan fingerprint density at radius 2 is 2.00 bits per heavy atom. The van der Waals surface area contributed by atoms with E-state index in [2.05, 4.69) is 22.2 Å². The third kappa shape index (κ3) is 3.28. The number of phenols is 1. The second kappa shape index (κ2) is 6.12. The van der Waals surface area contributed by atoms with Gasteiger partial charge in [-0.05, 0) is 25.1 Å². The first-order chi connectivity index (χ1) is 8.79. The highest BCUT2D eigenvalue weighted by molar-refractivity contribution is 5.56. The molecule has 0 bridgehead atoms. The summed E-state index contributed by atoms with van der Waals surface area (Å²) in [4.78, 5) is 8.61. The molecule has 0 aliphatic rings. The van der Waals surface area contributed by atoms with Gasteiger partial charge in [0.05, 0.1) is 0 Å². The molecule has 0 amide bonds. The van der Waals surface area contributed by atoms with Crippen molar-refractivity contribution in [2.24, 2.45) is 0 Å². The molecule has 94 valence electrons. The number of nitrogens with zero attached hydrogens (tertiary/aromatic N) is 2. The summed E-state index contributed by atoms with van der Waals surface area (Å²) in [5.74, 6) is 0.856. The van der Waals surface area contributed by atoms with Crippen LogP contribution >= 0.6 is 0 Å². The van der Waals surface area contributed by atoms with Crippen molar-refractivity contribution < 1.29 is 5.11 Å². The molecule has 1 aromatic carbocycles. The average Bonchev–Trinajstić information content (AvgIpc) is 2.40. The average molecular weight is 243 g/mol. The molecule has 4 heteroatoms. The first kappa shape index (κ1) is 12.5. The van der Waals surface area contributed by atoms with Crippen LogP contribution in [0, 0.1) is 0 Å². The number of benzene rings is 1. The van der Waals surface area contributed by atoms with Crippen LogP contribution in [0.15, 0.2) is 36.7 Å². The number of hydrogen-bond acceptors (Lipinski definition) is 4. The van der Waals surface area contributed by atoms with Crippen molar-refractivity contribution in [3.05, 3.63) is 42.2 Å². The highest BCUT2D eigenvalue weighted by Crippen LogP contribution is 2.19. The van der Waals surface area contributed by atoms with Crippen LogP contribution in [0.4, 0.5) is 0 Å². The maximum absolute atomic E-state index is 9.41. The van der Waals surface area contributed by atoms with Crippen LogP contribution in [0.5, 0.6) is 5.75 Å². The Morgan fingerprint density at radius 1 is 1.22 bits per heavy atom. The number of rotatable bonds is 5. The molecule has 18 heavy (non-hydrogen) atoms. The molecule has 0 spiro atoms. The van der Waals surface area contributed by atoms with Crippen molar-refractivity contribution in [1.29, 1.82) is 0 Å². The molecule has 1 aromatic heterocycles. The van der Waals surface area contributed by atoms with Gasteiger partial charge in [-0.1, -0.05) is 19.1 Å². The van der Waals surface area contributed by atoms with E-state index in [1.807, 2.05) is 18.5 Å². The van der Waals surface area contributed by atoms with Gasteiger partial charge < -0.3 is 10.4 Å². The van der Waals surface area contributed by atoms with Crippen molar-refractivity contribution in [1.82, 2.24) is 15.3 Å². The van der Waals surface area contributed by atoms with Gasteiger partial charge in [-0.2, -0.15) is 0 Å². The van der Waals surface area contributed by atoms with Gasteiger partial charge in [0.25, 0.3) is 0 Å². The standard InChI is InChI=1S/C14H17N3O/c1-2-6-15-8-11-9-16-14(17-10-11)12-4-3-5-13(18)7-12/h3-5,7,9-10,15,18H,2,6,8H2,1H3. The minimum Gasteiger partial charge on any atom is -0.508 e. The van der Waals surface area contributed by atoms with Crippen LogP contribution in [0.2, 0.25) is 0 Å². The lowest BCUT2D eigenvalue weighted by atomic mass is 10.2. The lowest BCUT2D eigenvalue weighted by Crippen LogP contribution is -2.14. The first-order valence-corrected chi connectivity index (χ1v) is 6.10. The normalized spacial score (nSPS) is 10.5. The fourth-order valence-electron chi connectivity index (χ4n) is 1.65.